The number of carbonyl (C=O) groups is 1. The van der Waals surface area contributed by atoms with E-state index in [1.807, 2.05) is 0 Å². The van der Waals surface area contributed by atoms with Crippen LogP contribution in [0.3, 0.4) is 0 Å². The normalized spacial score (nSPS) is 19.6. The fraction of sp³-hybridized carbons (Fsp3) is 0.545. The Balaban J connectivity index is 1.71. The largest absolute Gasteiger partial charge is 0.352 e. The molecule has 0 spiro atoms. The van der Waals surface area contributed by atoms with Crippen LogP contribution in [0.15, 0.2) is 18.5 Å². The molecule has 1 aliphatic rings. The van der Waals surface area contributed by atoms with Crippen molar-refractivity contribution < 1.29 is 4.79 Å². The molecule has 1 amide bonds. The third kappa shape index (κ3) is 3.00. The average molecular weight is 220 g/mol. The van der Waals surface area contributed by atoms with Gasteiger partial charge in [-0.15, -0.1) is 0 Å². The van der Waals surface area contributed by atoms with Crippen LogP contribution in [0.4, 0.5) is 0 Å². The molecular formula is C11H16N4O. The van der Waals surface area contributed by atoms with Crippen LogP contribution >= 0.6 is 0 Å². The zero-order valence-corrected chi connectivity index (χ0v) is 9.15. The molecule has 0 bridgehead atoms. The number of aromatic nitrogens is 2. The lowest BCUT2D eigenvalue weighted by Gasteiger charge is -2.10. The van der Waals surface area contributed by atoms with E-state index in [1.54, 1.807) is 6.07 Å². The minimum Gasteiger partial charge on any atom is -0.352 e. The van der Waals surface area contributed by atoms with Gasteiger partial charge >= 0.3 is 0 Å². The maximum Gasteiger partial charge on any atom is 0.252 e. The Kier molecular flexibility index (Phi) is 3.82. The van der Waals surface area contributed by atoms with Crippen molar-refractivity contribution in [2.24, 2.45) is 0 Å². The quantitative estimate of drug-likeness (QED) is 0.768. The van der Waals surface area contributed by atoms with Gasteiger partial charge in [-0.3, -0.25) is 4.79 Å². The van der Waals surface area contributed by atoms with E-state index in [0.29, 0.717) is 18.2 Å². The summed E-state index contributed by atoms with van der Waals surface area (Å²) in [6.07, 6.45) is 6.44. The summed E-state index contributed by atoms with van der Waals surface area (Å²) in [5, 5.41) is 13.6. The van der Waals surface area contributed by atoms with E-state index in [9.17, 15) is 4.79 Å². The van der Waals surface area contributed by atoms with Crippen LogP contribution in [0.25, 0.3) is 0 Å². The van der Waals surface area contributed by atoms with Crippen LogP contribution in [-0.2, 0) is 0 Å². The van der Waals surface area contributed by atoms with Gasteiger partial charge in [0.25, 0.3) is 5.91 Å². The van der Waals surface area contributed by atoms with Crippen LogP contribution < -0.4 is 10.6 Å². The van der Waals surface area contributed by atoms with E-state index >= 15 is 0 Å². The first kappa shape index (κ1) is 11.0. The minimum atomic E-state index is -0.0760. The number of nitrogens with zero attached hydrogens (tertiary/aromatic N) is 2. The van der Waals surface area contributed by atoms with Crippen LogP contribution in [0.5, 0.6) is 0 Å². The van der Waals surface area contributed by atoms with Gasteiger partial charge in [0, 0.05) is 12.6 Å². The maximum absolute atomic E-state index is 11.6. The highest BCUT2D eigenvalue weighted by Gasteiger charge is 2.13. The third-order valence-electron chi connectivity index (χ3n) is 2.79. The molecule has 86 valence electrons. The Morgan fingerprint density at radius 3 is 3.19 bits per heavy atom. The zero-order chi connectivity index (χ0) is 11.2. The highest BCUT2D eigenvalue weighted by atomic mass is 16.1. The van der Waals surface area contributed by atoms with Gasteiger partial charge in [-0.2, -0.15) is 10.2 Å². The van der Waals surface area contributed by atoms with E-state index in [2.05, 4.69) is 20.8 Å². The minimum absolute atomic E-state index is 0.0760. The molecule has 16 heavy (non-hydrogen) atoms. The van der Waals surface area contributed by atoms with Crippen molar-refractivity contribution in [1.82, 2.24) is 20.8 Å². The summed E-state index contributed by atoms with van der Waals surface area (Å²) >= 11 is 0. The monoisotopic (exact) mass is 220 g/mol. The van der Waals surface area contributed by atoms with Gasteiger partial charge in [0.1, 0.15) is 0 Å². The topological polar surface area (TPSA) is 66.9 Å². The number of carbonyl (C=O) groups excluding carboxylic acids is 1. The van der Waals surface area contributed by atoms with Gasteiger partial charge in [0.15, 0.2) is 0 Å². The van der Waals surface area contributed by atoms with Gasteiger partial charge in [-0.25, -0.2) is 0 Å². The molecule has 1 unspecified atom stereocenters. The van der Waals surface area contributed by atoms with Crippen molar-refractivity contribution in [3.63, 3.8) is 0 Å². The Morgan fingerprint density at radius 1 is 1.56 bits per heavy atom. The molecule has 1 aromatic heterocycles. The van der Waals surface area contributed by atoms with Crippen LogP contribution in [0, 0.1) is 0 Å². The van der Waals surface area contributed by atoms with Crippen LogP contribution in [0.2, 0.25) is 0 Å². The number of amides is 1. The molecule has 5 nitrogen and oxygen atoms in total. The first-order valence-corrected chi connectivity index (χ1v) is 5.64. The third-order valence-corrected chi connectivity index (χ3v) is 2.79. The van der Waals surface area contributed by atoms with Gasteiger partial charge in [-0.1, -0.05) is 0 Å². The van der Waals surface area contributed by atoms with Gasteiger partial charge < -0.3 is 10.6 Å². The highest BCUT2D eigenvalue weighted by molar-refractivity contribution is 5.93. The SMILES string of the molecule is O=C(NCCC1CCCN1)c1ccnnc1. The summed E-state index contributed by atoms with van der Waals surface area (Å²) in [7, 11) is 0. The molecule has 0 aliphatic carbocycles. The second kappa shape index (κ2) is 5.55. The predicted molar refractivity (Wildman–Crippen MR) is 60.0 cm³/mol. The van der Waals surface area contributed by atoms with Gasteiger partial charge in [0.05, 0.1) is 18.0 Å². The summed E-state index contributed by atoms with van der Waals surface area (Å²) in [5.41, 5.74) is 0.564. The summed E-state index contributed by atoms with van der Waals surface area (Å²) in [5.74, 6) is -0.0760. The van der Waals surface area contributed by atoms with Crippen molar-refractivity contribution in [2.75, 3.05) is 13.1 Å². The lowest BCUT2D eigenvalue weighted by molar-refractivity contribution is 0.0952. The summed E-state index contributed by atoms with van der Waals surface area (Å²) in [6, 6.07) is 2.23. The lowest BCUT2D eigenvalue weighted by atomic mass is 10.1. The molecule has 2 rings (SSSR count). The van der Waals surface area contributed by atoms with E-state index < -0.39 is 0 Å². The molecule has 1 aliphatic heterocycles. The van der Waals surface area contributed by atoms with Crippen molar-refractivity contribution in [3.05, 3.63) is 24.0 Å². The van der Waals surface area contributed by atoms with Gasteiger partial charge in [0.2, 0.25) is 0 Å². The summed E-state index contributed by atoms with van der Waals surface area (Å²) < 4.78 is 0. The molecule has 1 fully saturated rings. The van der Waals surface area contributed by atoms with Crippen LogP contribution in [0.1, 0.15) is 29.6 Å². The molecule has 1 saturated heterocycles. The number of nitrogens with one attached hydrogen (secondary N) is 2. The molecule has 1 atom stereocenters. The first-order chi connectivity index (χ1) is 7.86. The maximum atomic E-state index is 11.6. The molecule has 1 aromatic rings. The van der Waals surface area contributed by atoms with Gasteiger partial charge in [-0.05, 0) is 31.9 Å². The Morgan fingerprint density at radius 2 is 2.50 bits per heavy atom. The summed E-state index contributed by atoms with van der Waals surface area (Å²) in [4.78, 5) is 11.6. The molecule has 2 N–H and O–H groups in total. The Labute approximate surface area is 94.6 Å². The standard InChI is InChI=1S/C11H16N4O/c16-11(9-3-7-14-15-8-9)13-6-4-10-2-1-5-12-10/h3,7-8,10,12H,1-2,4-6H2,(H,13,16). The fourth-order valence-electron chi connectivity index (χ4n) is 1.89. The van der Waals surface area contributed by atoms with Crippen molar-refractivity contribution >= 4 is 5.91 Å². The molecule has 2 heterocycles. The lowest BCUT2D eigenvalue weighted by Crippen LogP contribution is -2.30. The molecule has 0 saturated carbocycles. The second-order valence-corrected chi connectivity index (χ2v) is 3.97. The molecule has 0 aromatic carbocycles. The number of rotatable bonds is 4. The molecule has 5 heteroatoms. The molecular weight excluding hydrogens is 204 g/mol. The zero-order valence-electron chi connectivity index (χ0n) is 9.15. The number of hydrogen-bond donors (Lipinski definition) is 2. The van der Waals surface area contributed by atoms with Crippen molar-refractivity contribution in [3.8, 4) is 0 Å². The highest BCUT2D eigenvalue weighted by Crippen LogP contribution is 2.07. The van der Waals surface area contributed by atoms with E-state index in [1.165, 1.54) is 25.2 Å². The second-order valence-electron chi connectivity index (χ2n) is 3.97. The van der Waals surface area contributed by atoms with E-state index in [0.717, 1.165) is 13.0 Å². The Bertz CT molecular complexity index is 335. The van der Waals surface area contributed by atoms with Crippen LogP contribution in [-0.4, -0.2) is 35.2 Å². The number of hydrogen-bond acceptors (Lipinski definition) is 4. The predicted octanol–water partition coefficient (Wildman–Crippen LogP) is 0.348. The van der Waals surface area contributed by atoms with Crippen molar-refractivity contribution in [1.29, 1.82) is 0 Å². The fourth-order valence-corrected chi connectivity index (χ4v) is 1.89. The average Bonchev–Trinajstić information content (AvgIpc) is 2.83. The summed E-state index contributed by atoms with van der Waals surface area (Å²) in [6.45, 7) is 1.81. The van der Waals surface area contributed by atoms with E-state index in [4.69, 9.17) is 0 Å². The Hall–Kier alpha value is -1.49. The first-order valence-electron chi connectivity index (χ1n) is 5.64. The molecule has 0 radical (unpaired) electrons. The smallest absolute Gasteiger partial charge is 0.252 e. The van der Waals surface area contributed by atoms with E-state index in [-0.39, 0.29) is 5.91 Å². The van der Waals surface area contributed by atoms with Crippen molar-refractivity contribution in [2.45, 2.75) is 25.3 Å².